The number of hydrogen-bond donors (Lipinski definition) is 1. The maximum Gasteiger partial charge on any atom is 0.0375 e. The van der Waals surface area contributed by atoms with Gasteiger partial charge in [0.25, 0.3) is 0 Å². The molecule has 0 bridgehead atoms. The van der Waals surface area contributed by atoms with E-state index in [1.54, 1.807) is 0 Å². The van der Waals surface area contributed by atoms with Crippen LogP contribution in [0.25, 0.3) is 10.4 Å². The minimum absolute atomic E-state index is 0.827. The highest BCUT2D eigenvalue weighted by Gasteiger charge is 2.05. The lowest BCUT2D eigenvalue weighted by Crippen LogP contribution is -1.84. The van der Waals surface area contributed by atoms with Crippen molar-refractivity contribution < 1.29 is 0 Å². The van der Waals surface area contributed by atoms with Gasteiger partial charge in [0.1, 0.15) is 0 Å². The summed E-state index contributed by atoms with van der Waals surface area (Å²) < 4.78 is 0. The van der Waals surface area contributed by atoms with Crippen molar-refractivity contribution in [2.24, 2.45) is 0 Å². The van der Waals surface area contributed by atoms with E-state index >= 15 is 0 Å². The van der Waals surface area contributed by atoms with Crippen LogP contribution in [-0.4, -0.2) is 0 Å². The average Bonchev–Trinajstić information content (AvgIpc) is 2.45. The number of thiophene rings is 1. The second-order valence-corrected chi connectivity index (χ2v) is 4.75. The maximum atomic E-state index is 5.76. The van der Waals surface area contributed by atoms with Crippen LogP contribution >= 0.6 is 11.3 Å². The quantitative estimate of drug-likeness (QED) is 0.704. The maximum absolute atomic E-state index is 5.76. The second kappa shape index (κ2) is 3.46. The zero-order valence-electron chi connectivity index (χ0n) is 8.37. The molecule has 0 saturated heterocycles. The van der Waals surface area contributed by atoms with Gasteiger partial charge in [-0.15, -0.1) is 11.3 Å². The third-order valence-electron chi connectivity index (χ3n) is 2.19. The van der Waals surface area contributed by atoms with Gasteiger partial charge in [0, 0.05) is 15.4 Å². The zero-order chi connectivity index (χ0) is 10.1. The molecule has 72 valence electrons. The molecule has 0 amide bonds. The van der Waals surface area contributed by atoms with Gasteiger partial charge in [-0.3, -0.25) is 0 Å². The van der Waals surface area contributed by atoms with Gasteiger partial charge in [0.2, 0.25) is 0 Å². The van der Waals surface area contributed by atoms with E-state index in [1.165, 1.54) is 20.9 Å². The predicted molar refractivity (Wildman–Crippen MR) is 63.6 cm³/mol. The van der Waals surface area contributed by atoms with Crippen LogP contribution < -0.4 is 5.73 Å². The molecule has 1 aromatic carbocycles. The third-order valence-corrected chi connectivity index (χ3v) is 3.39. The van der Waals surface area contributed by atoms with Crippen LogP contribution in [0.2, 0.25) is 0 Å². The molecule has 2 aromatic rings. The molecule has 0 aliphatic heterocycles. The minimum Gasteiger partial charge on any atom is -0.399 e. The van der Waals surface area contributed by atoms with E-state index in [4.69, 9.17) is 5.73 Å². The molecule has 1 aromatic heterocycles. The highest BCUT2D eigenvalue weighted by atomic mass is 32.1. The third kappa shape index (κ3) is 1.66. The van der Waals surface area contributed by atoms with Crippen molar-refractivity contribution in [3.63, 3.8) is 0 Å². The molecule has 0 unspecified atom stereocenters. The summed E-state index contributed by atoms with van der Waals surface area (Å²) in [5.74, 6) is 0. The van der Waals surface area contributed by atoms with E-state index in [0.717, 1.165) is 5.69 Å². The SMILES string of the molecule is Cc1cc(C)c(-c2cccc(N)c2)s1. The molecule has 0 aliphatic rings. The van der Waals surface area contributed by atoms with Gasteiger partial charge in [-0.25, -0.2) is 0 Å². The first-order valence-electron chi connectivity index (χ1n) is 4.60. The lowest BCUT2D eigenvalue weighted by molar-refractivity contribution is 1.50. The number of nitrogens with two attached hydrogens (primary N) is 1. The number of benzene rings is 1. The van der Waals surface area contributed by atoms with Crippen molar-refractivity contribution in [3.05, 3.63) is 40.8 Å². The summed E-state index contributed by atoms with van der Waals surface area (Å²) in [4.78, 5) is 2.68. The Balaban J connectivity index is 2.54. The molecule has 0 spiro atoms. The van der Waals surface area contributed by atoms with Crippen LogP contribution in [0, 0.1) is 13.8 Å². The van der Waals surface area contributed by atoms with Crippen molar-refractivity contribution >= 4 is 17.0 Å². The number of rotatable bonds is 1. The molecular formula is C12H13NS. The van der Waals surface area contributed by atoms with E-state index in [-0.39, 0.29) is 0 Å². The molecule has 2 heteroatoms. The minimum atomic E-state index is 0.827. The first kappa shape index (κ1) is 9.28. The van der Waals surface area contributed by atoms with E-state index in [1.807, 2.05) is 29.5 Å². The molecule has 14 heavy (non-hydrogen) atoms. The molecule has 0 radical (unpaired) electrons. The highest BCUT2D eigenvalue weighted by Crippen LogP contribution is 2.32. The predicted octanol–water partition coefficient (Wildman–Crippen LogP) is 3.61. The molecule has 2 rings (SSSR count). The summed E-state index contributed by atoms with van der Waals surface area (Å²) in [7, 11) is 0. The van der Waals surface area contributed by atoms with Gasteiger partial charge >= 0.3 is 0 Å². The van der Waals surface area contributed by atoms with E-state index < -0.39 is 0 Å². The van der Waals surface area contributed by atoms with Gasteiger partial charge in [-0.1, -0.05) is 12.1 Å². The zero-order valence-corrected chi connectivity index (χ0v) is 9.19. The van der Waals surface area contributed by atoms with Gasteiger partial charge in [-0.2, -0.15) is 0 Å². The van der Waals surface area contributed by atoms with Crippen LogP contribution in [0.1, 0.15) is 10.4 Å². The van der Waals surface area contributed by atoms with Gasteiger partial charge in [-0.05, 0) is 43.2 Å². The number of aryl methyl sites for hydroxylation is 2. The van der Waals surface area contributed by atoms with Crippen LogP contribution in [0.15, 0.2) is 30.3 Å². The number of nitrogen functional groups attached to an aromatic ring is 1. The van der Waals surface area contributed by atoms with Crippen molar-refractivity contribution in [2.45, 2.75) is 13.8 Å². The number of hydrogen-bond acceptors (Lipinski definition) is 2. The van der Waals surface area contributed by atoms with Crippen molar-refractivity contribution in [1.29, 1.82) is 0 Å². The highest BCUT2D eigenvalue weighted by molar-refractivity contribution is 7.15. The molecule has 1 heterocycles. The van der Waals surface area contributed by atoms with E-state index in [9.17, 15) is 0 Å². The Bertz CT molecular complexity index is 457. The molecule has 1 nitrogen and oxygen atoms in total. The Labute approximate surface area is 88.2 Å². The Morgan fingerprint density at radius 2 is 1.93 bits per heavy atom. The Morgan fingerprint density at radius 1 is 1.14 bits per heavy atom. The fraction of sp³-hybridized carbons (Fsp3) is 0.167. The summed E-state index contributed by atoms with van der Waals surface area (Å²) in [5.41, 5.74) is 9.14. The van der Waals surface area contributed by atoms with Gasteiger partial charge in [0.15, 0.2) is 0 Å². The molecule has 0 atom stereocenters. The van der Waals surface area contributed by atoms with Crippen LogP contribution in [-0.2, 0) is 0 Å². The normalized spacial score (nSPS) is 10.4. The van der Waals surface area contributed by atoms with E-state index in [0.29, 0.717) is 0 Å². The summed E-state index contributed by atoms with van der Waals surface area (Å²) in [6.07, 6.45) is 0. The largest absolute Gasteiger partial charge is 0.399 e. The van der Waals surface area contributed by atoms with E-state index in [2.05, 4.69) is 26.0 Å². The van der Waals surface area contributed by atoms with Crippen molar-refractivity contribution in [1.82, 2.24) is 0 Å². The monoisotopic (exact) mass is 203 g/mol. The summed E-state index contributed by atoms with van der Waals surface area (Å²) >= 11 is 1.82. The van der Waals surface area contributed by atoms with Crippen LogP contribution in [0.4, 0.5) is 5.69 Å². The second-order valence-electron chi connectivity index (χ2n) is 3.49. The van der Waals surface area contributed by atoms with Gasteiger partial charge < -0.3 is 5.73 Å². The Hall–Kier alpha value is -1.28. The number of anilines is 1. The standard InChI is InChI=1S/C12H13NS/c1-8-6-9(2)14-12(8)10-4-3-5-11(13)7-10/h3-7H,13H2,1-2H3. The molecule has 2 N–H and O–H groups in total. The van der Waals surface area contributed by atoms with Crippen LogP contribution in [0.5, 0.6) is 0 Å². The Kier molecular flexibility index (Phi) is 2.30. The first-order valence-corrected chi connectivity index (χ1v) is 5.41. The van der Waals surface area contributed by atoms with Crippen LogP contribution in [0.3, 0.4) is 0 Å². The molecule has 0 saturated carbocycles. The molecule has 0 fully saturated rings. The summed E-state index contributed by atoms with van der Waals surface area (Å²) in [6, 6.07) is 10.3. The van der Waals surface area contributed by atoms with Gasteiger partial charge in [0.05, 0.1) is 0 Å². The molecule has 0 aliphatic carbocycles. The summed E-state index contributed by atoms with van der Waals surface area (Å²) in [6.45, 7) is 4.27. The average molecular weight is 203 g/mol. The fourth-order valence-corrected chi connectivity index (χ4v) is 2.63. The first-order chi connectivity index (χ1) is 6.66. The molecular weight excluding hydrogens is 190 g/mol. The lowest BCUT2D eigenvalue weighted by atomic mass is 10.1. The summed E-state index contributed by atoms with van der Waals surface area (Å²) in [5, 5.41) is 0. The van der Waals surface area contributed by atoms with Crippen molar-refractivity contribution in [3.8, 4) is 10.4 Å². The smallest absolute Gasteiger partial charge is 0.0375 e. The topological polar surface area (TPSA) is 26.0 Å². The Morgan fingerprint density at radius 3 is 2.50 bits per heavy atom. The fourth-order valence-electron chi connectivity index (χ4n) is 1.61. The lowest BCUT2D eigenvalue weighted by Gasteiger charge is -2.00. The van der Waals surface area contributed by atoms with Crippen molar-refractivity contribution in [2.75, 3.05) is 5.73 Å².